The number of carboxylic acid groups (broad SMARTS) is 1. The summed E-state index contributed by atoms with van der Waals surface area (Å²) < 4.78 is 58.3. The highest BCUT2D eigenvalue weighted by Gasteiger charge is 2.63. The van der Waals surface area contributed by atoms with Gasteiger partial charge < -0.3 is 53.9 Å². The number of ketones is 2. The van der Waals surface area contributed by atoms with E-state index >= 15 is 0 Å². The Hall–Kier alpha value is -7.59. The largest absolute Gasteiger partial charge is 0.502 e. The van der Waals surface area contributed by atoms with Crippen LogP contribution in [0, 0.1) is 80.6 Å². The van der Waals surface area contributed by atoms with Crippen molar-refractivity contribution in [3.63, 3.8) is 0 Å². The maximum absolute atomic E-state index is 15.0. The number of piperazine rings is 2. The van der Waals surface area contributed by atoms with Crippen molar-refractivity contribution in [2.45, 2.75) is 332 Å². The van der Waals surface area contributed by atoms with E-state index in [1.165, 1.54) is 121 Å². The molecule has 23 nitrogen and oxygen atoms in total. The third-order valence-corrected chi connectivity index (χ3v) is 34.5. The minimum atomic E-state index is -0.695. The topological polar surface area (TPSA) is 302 Å². The molecule has 796 valence electrons. The molecule has 8 saturated carbocycles. The number of Topliss-reactive ketones (excluding diaryl/α,β-unsaturated/α-hetero) is 2. The first-order chi connectivity index (χ1) is 67.4. The molecule has 18 rings (SSSR count). The molecule has 12 aliphatic rings. The molecule has 8 aliphatic carbocycles. The number of aliphatic hydroxyl groups is 1. The third-order valence-electron chi connectivity index (χ3n) is 34.0. The van der Waals surface area contributed by atoms with Crippen molar-refractivity contribution in [3.8, 4) is 0 Å². The Labute approximate surface area is 866 Å². The van der Waals surface area contributed by atoms with E-state index in [-0.39, 0.29) is 92.8 Å². The molecule has 0 bridgehead atoms. The highest BCUT2D eigenvalue weighted by Crippen LogP contribution is 2.68. The second-order valence-corrected chi connectivity index (χ2v) is 43.3. The molecule has 11 fully saturated rings. The Kier molecular flexibility index (Phi) is 49.1. The summed E-state index contributed by atoms with van der Waals surface area (Å²) in [6, 6.07) is 23.5. The van der Waals surface area contributed by atoms with Crippen molar-refractivity contribution in [2.75, 3.05) is 104 Å². The number of halogens is 5. The maximum Gasteiger partial charge on any atom is 0.303 e. The number of rotatable bonds is 32. The number of allylic oxidation sites excluding steroid dienone is 1. The Morgan fingerprint density at radius 2 is 0.930 bits per heavy atom. The predicted octanol–water partition coefficient (Wildman–Crippen LogP) is 23.6. The highest BCUT2D eigenvalue weighted by molar-refractivity contribution is 6.18. The predicted molar refractivity (Wildman–Crippen MR) is 569 cm³/mol. The zero-order valence-electron chi connectivity index (χ0n) is 83.8. The quantitative estimate of drug-likeness (QED) is 0.0194. The lowest BCUT2D eigenvalue weighted by Crippen LogP contribution is -2.54. The first-order valence-electron chi connectivity index (χ1n) is 53.1. The Bertz CT molecular complexity index is 5110. The van der Waals surface area contributed by atoms with Crippen molar-refractivity contribution in [1.82, 2.24) is 40.4 Å². The van der Waals surface area contributed by atoms with Gasteiger partial charge >= 0.3 is 5.97 Å². The van der Waals surface area contributed by atoms with Gasteiger partial charge in [0, 0.05) is 159 Å². The van der Waals surface area contributed by atoms with Crippen LogP contribution in [0.1, 0.15) is 344 Å². The van der Waals surface area contributed by atoms with E-state index in [9.17, 15) is 47.1 Å². The number of nitrogens with one attached hydrogen (secondary N) is 3. The highest BCUT2D eigenvalue weighted by atomic mass is 35.5. The molecule has 6 aromatic rings. The van der Waals surface area contributed by atoms with E-state index in [4.69, 9.17) is 57.1 Å². The molecule has 2 aromatic heterocycles. The first-order valence-corrected chi connectivity index (χ1v) is 54.2. The van der Waals surface area contributed by atoms with Gasteiger partial charge in [-0.3, -0.25) is 38.4 Å². The SMILES string of the molecule is C.C.C.C1=COCCC1.C[C@]12CCC(=O)C[C@@H]1CC[C@@H]1[C@@H]2CC[C@]2(C)[C@@H](OCCCCCC(=O)N3CCN(C(=O)c4cc(Cc5n[nH]c(=O)c6ccccc56)ccc4F)CC3)CC[C@@H]12.C[C@]12CCC(=O)C[C@@H]1CC[C@@H]1[C@@H]2CC[C@]2(C)[C@@H](OCCCCCC(=O)O)CC[C@@H]12.Cl.ClCCCCCCOC1CCCCO1.O=C(c1cc(Cc2n[nH]c(=O)c3ccccc23)ccc1F)N1CCNCC1.OCCCCCCCl. The van der Waals surface area contributed by atoms with E-state index in [1.807, 2.05) is 35.2 Å². The average molecular weight is 2050 g/mol. The van der Waals surface area contributed by atoms with E-state index in [0.29, 0.717) is 158 Å². The number of benzene rings is 4. The zero-order chi connectivity index (χ0) is 98.3. The van der Waals surface area contributed by atoms with Gasteiger partial charge in [-0.15, -0.1) is 35.6 Å². The second-order valence-electron chi connectivity index (χ2n) is 42.5. The third kappa shape index (κ3) is 31.5. The number of carboxylic acids is 1. The van der Waals surface area contributed by atoms with Crippen LogP contribution in [0.15, 0.2) is 107 Å². The van der Waals surface area contributed by atoms with Crippen LogP contribution in [0.4, 0.5) is 8.78 Å². The summed E-state index contributed by atoms with van der Waals surface area (Å²) in [5.74, 6) is 6.07. The monoisotopic (exact) mass is 2050 g/mol. The van der Waals surface area contributed by atoms with Gasteiger partial charge in [-0.1, -0.05) is 137 Å². The van der Waals surface area contributed by atoms with Crippen molar-refractivity contribution < 1.29 is 71.4 Å². The summed E-state index contributed by atoms with van der Waals surface area (Å²) in [4.78, 5) is 103. The average Bonchev–Trinajstić information content (AvgIpc) is 1.64. The molecule has 4 aromatic carbocycles. The number of nitrogens with zero attached hydrogens (tertiary/aromatic N) is 5. The summed E-state index contributed by atoms with van der Waals surface area (Å²) in [5, 5.41) is 36.2. The van der Waals surface area contributed by atoms with Gasteiger partial charge in [0.2, 0.25) is 5.91 Å². The summed E-state index contributed by atoms with van der Waals surface area (Å²) in [5.41, 5.74) is 3.66. The Morgan fingerprint density at radius 3 is 1.37 bits per heavy atom. The molecule has 28 heteroatoms. The molecule has 3 saturated heterocycles. The van der Waals surface area contributed by atoms with Crippen molar-refractivity contribution in [1.29, 1.82) is 0 Å². The number of amides is 3. The van der Waals surface area contributed by atoms with Crippen LogP contribution in [0.5, 0.6) is 0 Å². The zero-order valence-corrected chi connectivity index (χ0v) is 86.1. The molecule has 6 heterocycles. The summed E-state index contributed by atoms with van der Waals surface area (Å²) in [6.45, 7) is 18.6. The lowest BCUT2D eigenvalue weighted by molar-refractivity contribution is -0.162. The molecule has 143 heavy (non-hydrogen) atoms. The number of H-pyrrole nitrogens is 2. The van der Waals surface area contributed by atoms with E-state index in [1.54, 1.807) is 64.6 Å². The smallest absolute Gasteiger partial charge is 0.303 e. The number of aliphatic hydroxyl groups excluding tert-OH is 1. The number of alkyl halides is 2. The van der Waals surface area contributed by atoms with Crippen LogP contribution < -0.4 is 16.4 Å². The number of aromatic amines is 2. The minimum Gasteiger partial charge on any atom is -0.502 e. The number of aliphatic carboxylic acids is 1. The van der Waals surface area contributed by atoms with Gasteiger partial charge in [-0.25, -0.2) is 19.0 Å². The molecule has 0 radical (unpaired) electrons. The van der Waals surface area contributed by atoms with Crippen LogP contribution in [0.25, 0.3) is 21.5 Å². The van der Waals surface area contributed by atoms with E-state index in [2.05, 4.69) is 53.4 Å². The Morgan fingerprint density at radius 1 is 0.483 bits per heavy atom. The number of fused-ring (bicyclic) bond motifs is 12. The fraction of sp³-hybridized carbons (Fsp3) is 0.687. The second kappa shape index (κ2) is 59.0. The van der Waals surface area contributed by atoms with Crippen molar-refractivity contribution in [3.05, 3.63) is 163 Å². The number of ether oxygens (including phenoxy) is 5. The van der Waals surface area contributed by atoms with Gasteiger partial charge in [0.1, 0.15) is 23.2 Å². The number of aromatic nitrogens is 4. The van der Waals surface area contributed by atoms with Gasteiger partial charge in [0.05, 0.1) is 58.4 Å². The number of hydrogen-bond donors (Lipinski definition) is 5. The number of hydrogen-bond acceptors (Lipinski definition) is 17. The molecule has 1 unspecified atom stereocenters. The number of unbranched alkanes of at least 4 members (excludes halogenated alkanes) is 10. The van der Waals surface area contributed by atoms with Crippen LogP contribution in [0.3, 0.4) is 0 Å². The lowest BCUT2D eigenvalue weighted by atomic mass is 9.45. The lowest BCUT2D eigenvalue weighted by Gasteiger charge is -2.60. The standard InChI is InChI=1S/C45H57FN4O5.C25H40O4.C20H19FN4O2.C11H21ClO2.C6H13ClO.C5H8O.3CH4.ClH/c1-44-19-17-31(51)28-30(44)12-13-34-36-14-16-40(45(36,2)20-18-37(34)44)55-25-7-3-4-10-41(52)49-21-23-50(24-22-49)43(54)35-26-29(11-15-38(35)46)27-39-32-8-5-6-9-33(32)42(53)48-47-39;1-24-13-11-18(26)16-17(24)7-8-19-20-9-10-22(25(20,2)14-12-21(19)24)29-15-5-3-4-6-23(27)28;21-17-6-5-13(11-16(17)20(27)25-9-7-22-8-10-25)12-18-14-3-1-2-4-15(14)19(26)24-23-18;12-8-4-1-2-5-9-13-11-7-3-6-10-14-11;7-5-3-1-2-4-6-8;1-2-4-6-5-3-1;;;;/h5-6,8-9,11,15,26,30,34,36-37,40H,3-4,7,10,12-14,16-25,27-28H2,1-2H3,(H,48,53);17,19-22H,3-16H2,1-2H3,(H,27,28);1-6,11,22H,7-10,12H2,(H,24,26);11H,1-10H2;8H,1-6H2;2,4H,1,3,5H2;3*1H4;1H/t30-,34-,36-,37-,40-,44-,45-;17-,19-,20-,21-,22-,24-,25-;;;;;;;;/m00......../s1. The van der Waals surface area contributed by atoms with Gasteiger partial charge in [0.25, 0.3) is 22.9 Å². The first kappa shape index (κ1) is 119. The van der Waals surface area contributed by atoms with E-state index < -0.39 is 17.6 Å². The molecule has 3 amide bonds. The van der Waals surface area contributed by atoms with Gasteiger partial charge in [0.15, 0.2) is 6.29 Å². The van der Waals surface area contributed by atoms with Crippen LogP contribution >= 0.6 is 35.6 Å². The summed E-state index contributed by atoms with van der Waals surface area (Å²) in [6.07, 6.45) is 46.9. The summed E-state index contributed by atoms with van der Waals surface area (Å²) >= 11 is 11.0. The molecule has 0 spiro atoms. The fourth-order valence-electron chi connectivity index (χ4n) is 26.0. The fourth-order valence-corrected chi connectivity index (χ4v) is 26.4. The molecular weight excluding hydrogens is 1880 g/mol. The van der Waals surface area contributed by atoms with Crippen LogP contribution in [0.2, 0.25) is 0 Å². The number of carbonyl (C=O) groups excluding carboxylic acids is 5. The minimum absolute atomic E-state index is 0. The molecule has 15 atom stereocenters. The van der Waals surface area contributed by atoms with Gasteiger partial charge in [-0.2, -0.15) is 10.2 Å². The Balaban J connectivity index is 0.000000219. The van der Waals surface area contributed by atoms with Crippen LogP contribution in [-0.4, -0.2) is 203 Å². The van der Waals surface area contributed by atoms with Gasteiger partial charge in [-0.05, 0) is 296 Å². The molecule has 4 aliphatic heterocycles. The number of carbonyl (C=O) groups is 6. The normalized spacial score (nSPS) is 27.0. The van der Waals surface area contributed by atoms with Crippen LogP contribution in [-0.2, 0) is 55.7 Å². The molecule has 5 N–H and O–H groups in total. The van der Waals surface area contributed by atoms with Crippen molar-refractivity contribution in [2.24, 2.45) is 69.0 Å². The van der Waals surface area contributed by atoms with Crippen molar-refractivity contribution >= 4 is 92.4 Å². The molecular formula is C115H171Cl3F2N8O15. The maximum atomic E-state index is 15.0. The van der Waals surface area contributed by atoms with E-state index in [0.717, 1.165) is 225 Å². The summed E-state index contributed by atoms with van der Waals surface area (Å²) in [7, 11) is 0.